The van der Waals surface area contributed by atoms with Gasteiger partial charge in [-0.1, -0.05) is 6.07 Å². The molecule has 1 aliphatic carbocycles. The number of nitrogens with zero attached hydrogens (tertiary/aromatic N) is 1. The third-order valence-corrected chi connectivity index (χ3v) is 2.69. The summed E-state index contributed by atoms with van der Waals surface area (Å²) < 4.78 is 0. The maximum Gasteiger partial charge on any atom is 0.0623 e. The van der Waals surface area contributed by atoms with E-state index < -0.39 is 0 Å². The highest BCUT2D eigenvalue weighted by Crippen LogP contribution is 2.33. The Morgan fingerprint density at radius 1 is 1.62 bits per heavy atom. The van der Waals surface area contributed by atoms with Gasteiger partial charge in [0.1, 0.15) is 0 Å². The molecule has 2 nitrogen and oxygen atoms in total. The summed E-state index contributed by atoms with van der Waals surface area (Å²) in [6, 6.07) is 3.98. The molecule has 0 amide bonds. The molecule has 1 fully saturated rings. The van der Waals surface area contributed by atoms with Gasteiger partial charge in [-0.15, -0.1) is 0 Å². The zero-order chi connectivity index (χ0) is 9.26. The first-order valence-corrected chi connectivity index (χ1v) is 4.86. The van der Waals surface area contributed by atoms with Gasteiger partial charge in [0.2, 0.25) is 0 Å². The number of rotatable bonds is 3. The molecule has 2 heteroatoms. The fourth-order valence-electron chi connectivity index (χ4n) is 1.58. The van der Waals surface area contributed by atoms with Gasteiger partial charge in [0.25, 0.3) is 0 Å². The third kappa shape index (κ3) is 2.07. The number of aryl methyl sites for hydroxylation is 1. The lowest BCUT2D eigenvalue weighted by Gasteiger charge is -2.09. The Balaban J connectivity index is 2.03. The smallest absolute Gasteiger partial charge is 0.0623 e. The summed E-state index contributed by atoms with van der Waals surface area (Å²) in [5, 5.41) is 9.73. The molecule has 1 unspecified atom stereocenters. The van der Waals surface area contributed by atoms with Gasteiger partial charge in [0, 0.05) is 18.3 Å². The maximum atomic E-state index is 9.73. The summed E-state index contributed by atoms with van der Waals surface area (Å²) in [6.07, 6.45) is 4.72. The largest absolute Gasteiger partial charge is 0.392 e. The zero-order valence-corrected chi connectivity index (χ0v) is 7.90. The van der Waals surface area contributed by atoms with Crippen LogP contribution in [0.4, 0.5) is 0 Å². The Kier molecular flexibility index (Phi) is 2.32. The number of hydrogen-bond acceptors (Lipinski definition) is 2. The average Bonchev–Trinajstić information content (AvgIpc) is 2.91. The van der Waals surface area contributed by atoms with Crippen LogP contribution in [0.1, 0.15) is 24.1 Å². The Morgan fingerprint density at radius 3 is 3.00 bits per heavy atom. The first kappa shape index (κ1) is 8.70. The van der Waals surface area contributed by atoms with Crippen molar-refractivity contribution >= 4 is 0 Å². The minimum Gasteiger partial charge on any atom is -0.392 e. The summed E-state index contributed by atoms with van der Waals surface area (Å²) in [5.41, 5.74) is 2.23. The third-order valence-electron chi connectivity index (χ3n) is 2.69. The molecule has 2 rings (SSSR count). The van der Waals surface area contributed by atoms with Crippen LogP contribution in [0.3, 0.4) is 0 Å². The molecule has 1 aliphatic rings. The predicted molar refractivity (Wildman–Crippen MR) is 51.4 cm³/mol. The minimum atomic E-state index is -0.173. The number of pyridine rings is 1. The van der Waals surface area contributed by atoms with Crippen LogP contribution < -0.4 is 0 Å². The lowest BCUT2D eigenvalue weighted by molar-refractivity contribution is 0.150. The molecule has 70 valence electrons. The quantitative estimate of drug-likeness (QED) is 0.762. The van der Waals surface area contributed by atoms with Crippen LogP contribution in [-0.2, 0) is 6.42 Å². The molecule has 1 atom stereocenters. The molecule has 0 aliphatic heterocycles. The second-order valence-electron chi connectivity index (χ2n) is 3.88. The van der Waals surface area contributed by atoms with E-state index in [9.17, 15) is 5.11 Å². The normalized spacial score (nSPS) is 18.6. The minimum absolute atomic E-state index is 0.173. The molecule has 1 N–H and O–H groups in total. The second-order valence-corrected chi connectivity index (χ2v) is 3.88. The van der Waals surface area contributed by atoms with Crippen LogP contribution in [-0.4, -0.2) is 16.2 Å². The van der Waals surface area contributed by atoms with Gasteiger partial charge in [0.15, 0.2) is 0 Å². The molecular formula is C11H15NO. The van der Waals surface area contributed by atoms with Gasteiger partial charge < -0.3 is 5.11 Å². The Bertz CT molecular complexity index is 294. The molecule has 1 aromatic rings. The highest BCUT2D eigenvalue weighted by molar-refractivity contribution is 5.18. The summed E-state index contributed by atoms with van der Waals surface area (Å²) >= 11 is 0. The Labute approximate surface area is 78.6 Å². The molecule has 1 heterocycles. The van der Waals surface area contributed by atoms with Crippen LogP contribution in [0.2, 0.25) is 0 Å². The molecule has 0 saturated heterocycles. The van der Waals surface area contributed by atoms with E-state index >= 15 is 0 Å². The van der Waals surface area contributed by atoms with Crippen molar-refractivity contribution in [3.8, 4) is 0 Å². The number of hydrogen-bond donors (Lipinski definition) is 1. The molecule has 0 radical (unpaired) electrons. The van der Waals surface area contributed by atoms with Crippen LogP contribution in [0.5, 0.6) is 0 Å². The van der Waals surface area contributed by atoms with E-state index in [-0.39, 0.29) is 6.10 Å². The van der Waals surface area contributed by atoms with E-state index in [1.807, 2.05) is 19.1 Å². The van der Waals surface area contributed by atoms with E-state index in [0.717, 1.165) is 12.1 Å². The van der Waals surface area contributed by atoms with Crippen molar-refractivity contribution in [2.24, 2.45) is 5.92 Å². The second kappa shape index (κ2) is 3.46. The van der Waals surface area contributed by atoms with Gasteiger partial charge >= 0.3 is 0 Å². The Morgan fingerprint density at radius 2 is 2.38 bits per heavy atom. The van der Waals surface area contributed by atoms with E-state index in [4.69, 9.17) is 0 Å². The highest BCUT2D eigenvalue weighted by Gasteiger charge is 2.30. The Hall–Kier alpha value is -0.890. The van der Waals surface area contributed by atoms with Crippen molar-refractivity contribution in [1.29, 1.82) is 0 Å². The molecule has 0 aromatic carbocycles. The fourth-order valence-corrected chi connectivity index (χ4v) is 1.58. The number of aromatic nitrogens is 1. The van der Waals surface area contributed by atoms with Crippen LogP contribution >= 0.6 is 0 Å². The monoisotopic (exact) mass is 177 g/mol. The van der Waals surface area contributed by atoms with Crippen molar-refractivity contribution < 1.29 is 5.11 Å². The summed E-state index contributed by atoms with van der Waals surface area (Å²) in [5.74, 6) is 0.543. The van der Waals surface area contributed by atoms with E-state index in [2.05, 4.69) is 4.98 Å². The fraction of sp³-hybridized carbons (Fsp3) is 0.545. The molecule has 0 spiro atoms. The van der Waals surface area contributed by atoms with Crippen molar-refractivity contribution in [2.75, 3.05) is 0 Å². The first-order valence-electron chi connectivity index (χ1n) is 4.86. The standard InChI is InChI=1S/C11H15NO/c1-8-3-2-6-12-10(8)7-11(13)9-4-5-9/h2-3,6,9,11,13H,4-5,7H2,1H3. The lowest BCUT2D eigenvalue weighted by atomic mass is 10.1. The van der Waals surface area contributed by atoms with Gasteiger partial charge in [0.05, 0.1) is 6.10 Å². The van der Waals surface area contributed by atoms with E-state index in [0.29, 0.717) is 5.92 Å². The summed E-state index contributed by atoms with van der Waals surface area (Å²) in [4.78, 5) is 4.27. The molecule has 13 heavy (non-hydrogen) atoms. The molecular weight excluding hydrogens is 162 g/mol. The van der Waals surface area contributed by atoms with Crippen LogP contribution in [0.25, 0.3) is 0 Å². The number of aliphatic hydroxyl groups excluding tert-OH is 1. The van der Waals surface area contributed by atoms with E-state index in [1.165, 1.54) is 18.4 Å². The van der Waals surface area contributed by atoms with E-state index in [1.54, 1.807) is 6.20 Å². The van der Waals surface area contributed by atoms with Crippen molar-refractivity contribution in [1.82, 2.24) is 4.98 Å². The maximum absolute atomic E-state index is 9.73. The number of aliphatic hydroxyl groups is 1. The highest BCUT2D eigenvalue weighted by atomic mass is 16.3. The van der Waals surface area contributed by atoms with Gasteiger partial charge in [-0.3, -0.25) is 4.98 Å². The van der Waals surface area contributed by atoms with Gasteiger partial charge in [-0.05, 0) is 37.3 Å². The van der Waals surface area contributed by atoms with Crippen molar-refractivity contribution in [2.45, 2.75) is 32.3 Å². The molecule has 0 bridgehead atoms. The average molecular weight is 177 g/mol. The predicted octanol–water partition coefficient (Wildman–Crippen LogP) is 1.70. The van der Waals surface area contributed by atoms with Crippen LogP contribution in [0, 0.1) is 12.8 Å². The molecule has 1 aromatic heterocycles. The van der Waals surface area contributed by atoms with Gasteiger partial charge in [-0.25, -0.2) is 0 Å². The molecule has 1 saturated carbocycles. The SMILES string of the molecule is Cc1cccnc1CC(O)C1CC1. The summed E-state index contributed by atoms with van der Waals surface area (Å²) in [6.45, 7) is 2.04. The lowest BCUT2D eigenvalue weighted by Crippen LogP contribution is -2.14. The van der Waals surface area contributed by atoms with Crippen molar-refractivity contribution in [3.05, 3.63) is 29.6 Å². The van der Waals surface area contributed by atoms with Crippen molar-refractivity contribution in [3.63, 3.8) is 0 Å². The van der Waals surface area contributed by atoms with Crippen LogP contribution in [0.15, 0.2) is 18.3 Å². The zero-order valence-electron chi connectivity index (χ0n) is 7.90. The summed E-state index contributed by atoms with van der Waals surface area (Å²) in [7, 11) is 0. The van der Waals surface area contributed by atoms with Gasteiger partial charge in [-0.2, -0.15) is 0 Å². The first-order chi connectivity index (χ1) is 6.27. The topological polar surface area (TPSA) is 33.1 Å².